The molecule has 0 saturated heterocycles. The maximum absolute atomic E-state index is 14.3. The van der Waals surface area contributed by atoms with Gasteiger partial charge in [0.05, 0.1) is 5.52 Å². The molecule has 3 rings (SSSR count). The molecule has 2 aromatic rings. The van der Waals surface area contributed by atoms with Crippen molar-refractivity contribution in [2.24, 2.45) is 5.41 Å². The van der Waals surface area contributed by atoms with Gasteiger partial charge in [-0.3, -0.25) is 10.1 Å². The molecule has 124 valence electrons. The minimum atomic E-state index is -0.683. The normalized spacial score (nSPS) is 16.6. The molecule has 1 aliphatic rings. The Balaban J connectivity index is 2.05. The third-order valence-electron chi connectivity index (χ3n) is 4.28. The van der Waals surface area contributed by atoms with Gasteiger partial charge in [0.1, 0.15) is 11.3 Å². The molecule has 6 heteroatoms. The number of anilines is 1. The van der Waals surface area contributed by atoms with Gasteiger partial charge in [0, 0.05) is 24.1 Å². The van der Waals surface area contributed by atoms with Crippen LogP contribution in [0.25, 0.3) is 11.0 Å². The Morgan fingerprint density at radius 1 is 1.35 bits per heavy atom. The van der Waals surface area contributed by atoms with Gasteiger partial charge in [0.25, 0.3) is 0 Å². The first-order chi connectivity index (χ1) is 10.6. The number of imidazole rings is 1. The predicted molar refractivity (Wildman–Crippen MR) is 85.2 cm³/mol. The molecular formula is C17H21F2N3O. The molecule has 4 nitrogen and oxygen atoms in total. The summed E-state index contributed by atoms with van der Waals surface area (Å²) < 4.78 is 29.3. The van der Waals surface area contributed by atoms with Crippen molar-refractivity contribution in [2.75, 3.05) is 5.32 Å². The lowest BCUT2D eigenvalue weighted by Gasteiger charge is -2.24. The number of nitrogens with one attached hydrogen (secondary N) is 1. The van der Waals surface area contributed by atoms with E-state index in [-0.39, 0.29) is 28.3 Å². The van der Waals surface area contributed by atoms with Crippen LogP contribution < -0.4 is 5.32 Å². The number of halogens is 2. The molecule has 1 fully saturated rings. The second-order valence-corrected chi connectivity index (χ2v) is 7.73. The van der Waals surface area contributed by atoms with Crippen molar-refractivity contribution < 1.29 is 13.6 Å². The molecule has 0 radical (unpaired) electrons. The molecule has 0 bridgehead atoms. The van der Waals surface area contributed by atoms with Crippen molar-refractivity contribution in [1.82, 2.24) is 9.55 Å². The zero-order chi connectivity index (χ0) is 17.0. The summed E-state index contributed by atoms with van der Waals surface area (Å²) in [6.45, 7) is 7.71. The van der Waals surface area contributed by atoms with Crippen molar-refractivity contribution >= 4 is 22.9 Å². The number of hydrogen-bond donors (Lipinski definition) is 1. The monoisotopic (exact) mass is 321 g/mol. The molecule has 23 heavy (non-hydrogen) atoms. The summed E-state index contributed by atoms with van der Waals surface area (Å²) in [5.74, 6) is -1.26. The zero-order valence-electron chi connectivity index (χ0n) is 13.8. The largest absolute Gasteiger partial charge is 0.302 e. The highest BCUT2D eigenvalue weighted by Gasteiger charge is 2.39. The van der Waals surface area contributed by atoms with Crippen LogP contribution >= 0.6 is 0 Å². The molecule has 1 heterocycles. The average Bonchev–Trinajstić information content (AvgIpc) is 2.95. The minimum absolute atomic E-state index is 0.0695. The summed E-state index contributed by atoms with van der Waals surface area (Å²) in [6.07, 6.45) is 2.49. The number of amides is 1. The zero-order valence-corrected chi connectivity index (χ0v) is 13.8. The maximum Gasteiger partial charge on any atom is 0.227 e. The lowest BCUT2D eigenvalue weighted by Crippen LogP contribution is -2.26. The van der Waals surface area contributed by atoms with Crippen LogP contribution in [0.4, 0.5) is 14.7 Å². The number of aromatic nitrogens is 2. The van der Waals surface area contributed by atoms with Crippen LogP contribution in [0.3, 0.4) is 0 Å². The molecule has 1 amide bonds. The maximum atomic E-state index is 14.3. The summed E-state index contributed by atoms with van der Waals surface area (Å²) in [5.41, 5.74) is -0.0447. The van der Waals surface area contributed by atoms with Gasteiger partial charge in [0.2, 0.25) is 11.9 Å². The number of fused-ring (bicyclic) bond motifs is 1. The smallest absolute Gasteiger partial charge is 0.227 e. The Hall–Kier alpha value is -1.98. The number of hydrogen-bond acceptors (Lipinski definition) is 2. The van der Waals surface area contributed by atoms with Gasteiger partial charge < -0.3 is 4.57 Å². The van der Waals surface area contributed by atoms with E-state index in [1.54, 1.807) is 4.57 Å². The molecule has 0 unspecified atom stereocenters. The summed E-state index contributed by atoms with van der Waals surface area (Å²) >= 11 is 0. The van der Waals surface area contributed by atoms with Gasteiger partial charge in [-0.05, 0) is 39.0 Å². The fourth-order valence-electron chi connectivity index (χ4n) is 2.81. The number of benzene rings is 1. The van der Waals surface area contributed by atoms with E-state index in [0.29, 0.717) is 6.42 Å². The first-order valence-electron chi connectivity index (χ1n) is 7.77. The first kappa shape index (κ1) is 15.9. The van der Waals surface area contributed by atoms with Crippen LogP contribution in [0.2, 0.25) is 0 Å². The van der Waals surface area contributed by atoms with E-state index >= 15 is 0 Å². The van der Waals surface area contributed by atoms with Crippen LogP contribution in [-0.2, 0) is 10.3 Å². The highest BCUT2D eigenvalue weighted by atomic mass is 19.1. The fraction of sp³-hybridized carbons (Fsp3) is 0.529. The van der Waals surface area contributed by atoms with E-state index in [2.05, 4.69) is 17.2 Å². The third kappa shape index (κ3) is 3.07. The van der Waals surface area contributed by atoms with E-state index in [9.17, 15) is 13.6 Å². The van der Waals surface area contributed by atoms with Gasteiger partial charge in [-0.25, -0.2) is 13.8 Å². The SMILES string of the molecule is CC1(CC(=O)Nc2nc3cc(F)cc(F)c3n2C(C)(C)C)CC1. The van der Waals surface area contributed by atoms with Crippen LogP contribution in [-0.4, -0.2) is 15.5 Å². The van der Waals surface area contributed by atoms with Crippen molar-refractivity contribution in [3.05, 3.63) is 23.8 Å². The average molecular weight is 321 g/mol. The molecule has 0 aliphatic heterocycles. The van der Waals surface area contributed by atoms with E-state index in [1.807, 2.05) is 20.8 Å². The Morgan fingerprint density at radius 2 is 2.00 bits per heavy atom. The van der Waals surface area contributed by atoms with E-state index < -0.39 is 17.2 Å². The first-order valence-corrected chi connectivity index (χ1v) is 7.77. The highest BCUT2D eigenvalue weighted by molar-refractivity contribution is 5.92. The second kappa shape index (κ2) is 5.01. The van der Waals surface area contributed by atoms with Crippen LogP contribution in [0.1, 0.15) is 47.0 Å². The molecule has 0 atom stereocenters. The summed E-state index contributed by atoms with van der Waals surface area (Å²) in [5, 5.41) is 2.77. The second-order valence-electron chi connectivity index (χ2n) is 7.73. The van der Waals surface area contributed by atoms with Gasteiger partial charge in [-0.2, -0.15) is 0 Å². The molecule has 1 aliphatic carbocycles. The Morgan fingerprint density at radius 3 is 2.57 bits per heavy atom. The number of carbonyl (C=O) groups excluding carboxylic acids is 1. The molecule has 1 N–H and O–H groups in total. The van der Waals surface area contributed by atoms with Gasteiger partial charge in [0.15, 0.2) is 5.82 Å². The summed E-state index contributed by atoms with van der Waals surface area (Å²) in [7, 11) is 0. The van der Waals surface area contributed by atoms with Crippen LogP contribution in [0.15, 0.2) is 12.1 Å². The topological polar surface area (TPSA) is 46.9 Å². The number of nitrogens with zero attached hydrogens (tertiary/aromatic N) is 2. The molecule has 0 spiro atoms. The van der Waals surface area contributed by atoms with Crippen molar-refractivity contribution in [3.63, 3.8) is 0 Å². The number of carbonyl (C=O) groups is 1. The highest BCUT2D eigenvalue weighted by Crippen LogP contribution is 2.48. The van der Waals surface area contributed by atoms with Crippen molar-refractivity contribution in [1.29, 1.82) is 0 Å². The molecule has 1 saturated carbocycles. The van der Waals surface area contributed by atoms with E-state index in [0.717, 1.165) is 18.9 Å². The van der Waals surface area contributed by atoms with Gasteiger partial charge >= 0.3 is 0 Å². The standard InChI is InChI=1S/C17H21F2N3O/c1-16(2,3)22-14-11(19)7-10(18)8-12(14)20-15(22)21-13(23)9-17(4)5-6-17/h7-8H,5-6,9H2,1-4H3,(H,20,21,23). The van der Waals surface area contributed by atoms with E-state index in [4.69, 9.17) is 0 Å². The Bertz CT molecular complexity index is 785. The quantitative estimate of drug-likeness (QED) is 0.921. The predicted octanol–water partition coefficient (Wildman–Crippen LogP) is 4.20. The summed E-state index contributed by atoms with van der Waals surface area (Å²) in [4.78, 5) is 16.5. The lowest BCUT2D eigenvalue weighted by molar-refractivity contribution is -0.117. The minimum Gasteiger partial charge on any atom is -0.302 e. The van der Waals surface area contributed by atoms with Crippen molar-refractivity contribution in [2.45, 2.75) is 52.5 Å². The Kier molecular flexibility index (Phi) is 3.46. The molecule has 1 aromatic heterocycles. The Labute approximate surface area is 133 Å². The van der Waals surface area contributed by atoms with Crippen LogP contribution in [0, 0.1) is 17.0 Å². The van der Waals surface area contributed by atoms with Gasteiger partial charge in [-0.1, -0.05) is 6.92 Å². The number of rotatable bonds is 3. The van der Waals surface area contributed by atoms with E-state index in [1.165, 1.54) is 6.07 Å². The van der Waals surface area contributed by atoms with Gasteiger partial charge in [-0.15, -0.1) is 0 Å². The molecular weight excluding hydrogens is 300 g/mol. The lowest BCUT2D eigenvalue weighted by atomic mass is 10.1. The fourth-order valence-corrected chi connectivity index (χ4v) is 2.81. The van der Waals surface area contributed by atoms with Crippen LogP contribution in [0.5, 0.6) is 0 Å². The third-order valence-corrected chi connectivity index (χ3v) is 4.28. The van der Waals surface area contributed by atoms with Crippen molar-refractivity contribution in [3.8, 4) is 0 Å². The molecule has 1 aromatic carbocycles. The summed E-state index contributed by atoms with van der Waals surface area (Å²) in [6, 6.07) is 2.02.